The molecule has 2 aromatic heterocycles. The molecule has 7 nitrogen and oxygen atoms in total. The summed E-state index contributed by atoms with van der Waals surface area (Å²) in [6, 6.07) is 20.1. The predicted molar refractivity (Wildman–Crippen MR) is 127 cm³/mol. The molecule has 0 aliphatic carbocycles. The predicted octanol–water partition coefficient (Wildman–Crippen LogP) is 4.43. The Labute approximate surface area is 195 Å². The Hall–Kier alpha value is -2.88. The van der Waals surface area contributed by atoms with Crippen LogP contribution in [-0.2, 0) is 17.1 Å². The number of nitrogens with zero attached hydrogens (tertiary/aromatic N) is 5. The van der Waals surface area contributed by atoms with Crippen molar-refractivity contribution in [1.82, 2.24) is 19.7 Å². The van der Waals surface area contributed by atoms with E-state index in [-0.39, 0.29) is 0 Å². The van der Waals surface area contributed by atoms with Crippen LogP contribution in [0.3, 0.4) is 0 Å². The summed E-state index contributed by atoms with van der Waals surface area (Å²) in [6.45, 7) is 3.51. The van der Waals surface area contributed by atoms with Gasteiger partial charge in [0.2, 0.25) is 5.95 Å². The summed E-state index contributed by atoms with van der Waals surface area (Å²) in [4.78, 5) is 6.96. The molecule has 32 heavy (non-hydrogen) atoms. The number of hydrogen-bond donors (Lipinski definition) is 0. The molecule has 0 amide bonds. The molecule has 1 saturated heterocycles. The molecule has 9 heteroatoms. The Balaban J connectivity index is 1.29. The van der Waals surface area contributed by atoms with Gasteiger partial charge < -0.3 is 14.4 Å². The third-order valence-electron chi connectivity index (χ3n) is 4.98. The van der Waals surface area contributed by atoms with Gasteiger partial charge in [0.1, 0.15) is 17.4 Å². The van der Waals surface area contributed by atoms with Crippen molar-refractivity contribution in [3.05, 3.63) is 76.7 Å². The molecule has 1 aliphatic heterocycles. The summed E-state index contributed by atoms with van der Waals surface area (Å²) in [5.74, 6) is 2.43. The van der Waals surface area contributed by atoms with Crippen molar-refractivity contribution >= 4 is 29.0 Å². The number of para-hydroxylation sites is 2. The van der Waals surface area contributed by atoms with Crippen molar-refractivity contribution in [1.29, 1.82) is 0 Å². The molecule has 0 spiro atoms. The van der Waals surface area contributed by atoms with Crippen LogP contribution in [0.25, 0.3) is 5.69 Å². The minimum absolute atomic E-state index is 0.473. The third kappa shape index (κ3) is 4.95. The van der Waals surface area contributed by atoms with Crippen LogP contribution in [0.4, 0.5) is 5.95 Å². The number of benzene rings is 2. The zero-order valence-corrected chi connectivity index (χ0v) is 19.1. The minimum atomic E-state index is 0.473. The second-order valence-corrected chi connectivity index (χ2v) is 9.06. The molecule has 0 atom stereocenters. The van der Waals surface area contributed by atoms with Gasteiger partial charge in [-0.15, -0.1) is 21.5 Å². The van der Waals surface area contributed by atoms with Crippen LogP contribution < -0.4 is 9.64 Å². The Morgan fingerprint density at radius 3 is 2.50 bits per heavy atom. The topological polar surface area (TPSA) is 65.3 Å². The first-order valence-electron chi connectivity index (χ1n) is 10.4. The van der Waals surface area contributed by atoms with Gasteiger partial charge in [0.05, 0.1) is 24.6 Å². The van der Waals surface area contributed by atoms with E-state index in [1.165, 1.54) is 0 Å². The molecular weight excluding hydrogens is 442 g/mol. The monoisotopic (exact) mass is 465 g/mol. The fraction of sp³-hybridized carbons (Fsp3) is 0.261. The second kappa shape index (κ2) is 10.2. The first kappa shape index (κ1) is 21.0. The lowest BCUT2D eigenvalue weighted by atomic mass is 10.3. The van der Waals surface area contributed by atoms with Crippen LogP contribution in [0, 0.1) is 0 Å². The first-order chi connectivity index (χ1) is 15.9. The maximum absolute atomic E-state index is 5.81. The van der Waals surface area contributed by atoms with Crippen LogP contribution in [0.2, 0.25) is 0 Å². The van der Waals surface area contributed by atoms with E-state index >= 15 is 0 Å². The summed E-state index contributed by atoms with van der Waals surface area (Å²) in [7, 11) is 0. The largest absolute Gasteiger partial charge is 0.486 e. The summed E-state index contributed by atoms with van der Waals surface area (Å²) in [5.41, 5.74) is 2.07. The molecule has 164 valence electrons. The van der Waals surface area contributed by atoms with E-state index in [0.717, 1.165) is 52.1 Å². The van der Waals surface area contributed by atoms with Crippen molar-refractivity contribution in [2.75, 3.05) is 31.2 Å². The van der Waals surface area contributed by atoms with Crippen LogP contribution >= 0.6 is 23.1 Å². The van der Waals surface area contributed by atoms with Crippen LogP contribution in [0.1, 0.15) is 10.7 Å². The van der Waals surface area contributed by atoms with Gasteiger partial charge in [-0.2, -0.15) is 0 Å². The third-order valence-corrected chi connectivity index (χ3v) is 6.81. The molecule has 1 fully saturated rings. The number of rotatable bonds is 8. The highest BCUT2D eigenvalue weighted by Gasteiger charge is 2.22. The van der Waals surface area contributed by atoms with Gasteiger partial charge >= 0.3 is 0 Å². The van der Waals surface area contributed by atoms with Crippen LogP contribution in [0.15, 0.2) is 71.2 Å². The van der Waals surface area contributed by atoms with Gasteiger partial charge in [-0.25, -0.2) is 4.98 Å². The first-order valence-corrected chi connectivity index (χ1v) is 12.3. The summed E-state index contributed by atoms with van der Waals surface area (Å²) in [5, 5.41) is 12.9. The number of thioether (sulfide) groups is 1. The van der Waals surface area contributed by atoms with Crippen molar-refractivity contribution in [3.8, 4) is 11.4 Å². The quantitative estimate of drug-likeness (QED) is 0.357. The molecule has 1 aliphatic rings. The fourth-order valence-electron chi connectivity index (χ4n) is 3.41. The van der Waals surface area contributed by atoms with E-state index in [9.17, 15) is 0 Å². The summed E-state index contributed by atoms with van der Waals surface area (Å²) in [6.07, 6.45) is 0. The fourth-order valence-corrected chi connectivity index (χ4v) is 5.06. The highest BCUT2D eigenvalue weighted by atomic mass is 32.2. The Morgan fingerprint density at radius 2 is 1.72 bits per heavy atom. The lowest BCUT2D eigenvalue weighted by Gasteiger charge is -2.27. The smallest absolute Gasteiger partial charge is 0.232 e. The average molecular weight is 466 g/mol. The van der Waals surface area contributed by atoms with E-state index in [2.05, 4.69) is 37.2 Å². The average Bonchev–Trinajstić information content (AvgIpc) is 3.50. The number of thiazole rings is 1. The van der Waals surface area contributed by atoms with Crippen LogP contribution in [-0.4, -0.2) is 46.1 Å². The van der Waals surface area contributed by atoms with Crippen molar-refractivity contribution in [2.24, 2.45) is 0 Å². The van der Waals surface area contributed by atoms with E-state index in [1.807, 2.05) is 48.5 Å². The Kier molecular flexibility index (Phi) is 6.66. The molecule has 3 heterocycles. The van der Waals surface area contributed by atoms with Crippen LogP contribution in [0.5, 0.6) is 5.75 Å². The molecule has 0 unspecified atom stereocenters. The Morgan fingerprint density at radius 1 is 0.969 bits per heavy atom. The molecule has 4 aromatic rings. The molecule has 2 aromatic carbocycles. The lowest BCUT2D eigenvalue weighted by molar-refractivity contribution is 0.122. The molecule has 0 N–H and O–H groups in total. The molecule has 0 radical (unpaired) electrons. The van der Waals surface area contributed by atoms with Gasteiger partial charge in [0.25, 0.3) is 0 Å². The zero-order chi connectivity index (χ0) is 21.6. The number of anilines is 1. The van der Waals surface area contributed by atoms with E-state index < -0.39 is 0 Å². The SMILES string of the molecule is c1ccc(OCc2nc(CSc3nnc(N4CCOCC4)n3-c3ccccc3)cs2)cc1. The number of aromatic nitrogens is 4. The van der Waals surface area contributed by atoms with Crippen molar-refractivity contribution in [3.63, 3.8) is 0 Å². The number of morpholine rings is 1. The highest BCUT2D eigenvalue weighted by Crippen LogP contribution is 2.29. The van der Waals surface area contributed by atoms with E-state index in [4.69, 9.17) is 14.5 Å². The maximum atomic E-state index is 5.81. The van der Waals surface area contributed by atoms with Gasteiger partial charge in [0, 0.05) is 24.2 Å². The standard InChI is InChI=1S/C23H23N5O2S2/c1-3-7-19(8-4-1)28-22(27-11-13-29-14-12-27)25-26-23(28)32-17-18-16-31-21(24-18)15-30-20-9-5-2-6-10-20/h1-10,16H,11-15,17H2. The summed E-state index contributed by atoms with van der Waals surface area (Å²) < 4.78 is 13.4. The molecule has 0 bridgehead atoms. The Bertz CT molecular complexity index is 1130. The number of ether oxygens (including phenoxy) is 2. The lowest BCUT2D eigenvalue weighted by Crippen LogP contribution is -2.37. The second-order valence-electron chi connectivity index (χ2n) is 7.18. The normalized spacial score (nSPS) is 13.9. The van der Waals surface area contributed by atoms with Crippen molar-refractivity contribution in [2.45, 2.75) is 17.5 Å². The van der Waals surface area contributed by atoms with Crippen molar-refractivity contribution < 1.29 is 9.47 Å². The zero-order valence-electron chi connectivity index (χ0n) is 17.5. The molecule has 0 saturated carbocycles. The minimum Gasteiger partial charge on any atom is -0.486 e. The number of hydrogen-bond acceptors (Lipinski definition) is 8. The molecule has 5 rings (SSSR count). The van der Waals surface area contributed by atoms with Gasteiger partial charge in [-0.05, 0) is 24.3 Å². The molecular formula is C23H23N5O2S2. The highest BCUT2D eigenvalue weighted by molar-refractivity contribution is 7.98. The van der Waals surface area contributed by atoms with Gasteiger partial charge in [-0.1, -0.05) is 48.2 Å². The van der Waals surface area contributed by atoms with E-state index in [1.54, 1.807) is 23.1 Å². The van der Waals surface area contributed by atoms with E-state index in [0.29, 0.717) is 19.8 Å². The summed E-state index contributed by atoms with van der Waals surface area (Å²) >= 11 is 3.26. The van der Waals surface area contributed by atoms with Gasteiger partial charge in [-0.3, -0.25) is 4.57 Å². The van der Waals surface area contributed by atoms with Gasteiger partial charge in [0.15, 0.2) is 5.16 Å². The maximum Gasteiger partial charge on any atom is 0.232 e.